The van der Waals surface area contributed by atoms with Crippen LogP contribution in [0.25, 0.3) is 0 Å². The van der Waals surface area contributed by atoms with E-state index < -0.39 is 0 Å². The fourth-order valence-corrected chi connectivity index (χ4v) is 3.64. The molecule has 1 aliphatic rings. The number of fused-ring (bicyclic) bond motifs is 1. The fraction of sp³-hybridized carbons (Fsp3) is 0.333. The highest BCUT2D eigenvalue weighted by Crippen LogP contribution is 2.19. The molecule has 5 heteroatoms. The van der Waals surface area contributed by atoms with Crippen LogP contribution in [0, 0.1) is 13.8 Å². The summed E-state index contributed by atoms with van der Waals surface area (Å²) in [6.07, 6.45) is 0.592. The van der Waals surface area contributed by atoms with Crippen LogP contribution in [0.2, 0.25) is 0 Å². The van der Waals surface area contributed by atoms with E-state index in [9.17, 15) is 9.59 Å². The Morgan fingerprint density at radius 2 is 1.73 bits per heavy atom. The van der Waals surface area contributed by atoms with Gasteiger partial charge in [0.25, 0.3) is 5.91 Å². The number of carbonyl (C=O) groups excluding carboxylic acids is 2. The first-order valence-corrected chi connectivity index (χ1v) is 8.85. The second kappa shape index (κ2) is 7.70. The number of quaternary nitrogens is 1. The lowest BCUT2D eigenvalue weighted by Crippen LogP contribution is -3.17. The van der Waals surface area contributed by atoms with Gasteiger partial charge in [0.1, 0.15) is 6.54 Å². The molecule has 0 radical (unpaired) electrons. The first-order chi connectivity index (χ1) is 12.5. The first-order valence-electron chi connectivity index (χ1n) is 8.85. The average molecular weight is 353 g/mol. The van der Waals surface area contributed by atoms with Gasteiger partial charge in [-0.1, -0.05) is 42.5 Å². The lowest BCUT2D eigenvalue weighted by atomic mass is 9.94. The van der Waals surface area contributed by atoms with E-state index in [1.165, 1.54) is 12.7 Å². The number of aryl methyl sites for hydroxylation is 2. The van der Waals surface area contributed by atoms with E-state index in [0.29, 0.717) is 13.0 Å². The van der Waals surface area contributed by atoms with Crippen LogP contribution in [0.5, 0.6) is 0 Å². The van der Waals surface area contributed by atoms with Gasteiger partial charge < -0.3 is 15.0 Å². The molecule has 0 fully saturated rings. The third-order valence-corrected chi connectivity index (χ3v) is 5.07. The molecular formula is C21H25N2O3+. The molecule has 0 aromatic heterocycles. The van der Waals surface area contributed by atoms with Crippen LogP contribution in [0.15, 0.2) is 42.5 Å². The van der Waals surface area contributed by atoms with Gasteiger partial charge in [0, 0.05) is 17.7 Å². The average Bonchev–Trinajstić information content (AvgIpc) is 2.63. The summed E-state index contributed by atoms with van der Waals surface area (Å²) in [5, 5.41) is 3.02. The summed E-state index contributed by atoms with van der Waals surface area (Å²) >= 11 is 0. The van der Waals surface area contributed by atoms with Gasteiger partial charge in [-0.15, -0.1) is 0 Å². The maximum absolute atomic E-state index is 12.7. The summed E-state index contributed by atoms with van der Waals surface area (Å²) in [5.74, 6) is -0.361. The predicted octanol–water partition coefficient (Wildman–Crippen LogP) is 1.42. The summed E-state index contributed by atoms with van der Waals surface area (Å²) in [5.41, 5.74) is 5.25. The summed E-state index contributed by atoms with van der Waals surface area (Å²) in [6.45, 7) is 4.81. The molecule has 0 saturated heterocycles. The van der Waals surface area contributed by atoms with E-state index >= 15 is 0 Å². The number of amides is 1. The number of esters is 1. The Hall–Kier alpha value is -2.66. The zero-order valence-electron chi connectivity index (χ0n) is 15.5. The zero-order chi connectivity index (χ0) is 18.7. The molecule has 0 bridgehead atoms. The molecule has 1 unspecified atom stereocenters. The summed E-state index contributed by atoms with van der Waals surface area (Å²) in [4.78, 5) is 25.8. The van der Waals surface area contributed by atoms with Crippen molar-refractivity contribution in [3.63, 3.8) is 0 Å². The molecular weight excluding hydrogens is 328 g/mol. The van der Waals surface area contributed by atoms with Gasteiger partial charge in [0.05, 0.1) is 7.11 Å². The molecule has 2 aromatic rings. The molecule has 0 aliphatic carbocycles. The topological polar surface area (TPSA) is 59.8 Å². The molecule has 3 rings (SSSR count). The Bertz CT molecular complexity index is 812. The summed E-state index contributed by atoms with van der Waals surface area (Å²) in [6, 6.07) is 13.6. The van der Waals surface area contributed by atoms with Gasteiger partial charge in [0.15, 0.2) is 12.6 Å². The van der Waals surface area contributed by atoms with Gasteiger partial charge in [-0.05, 0) is 30.5 Å². The lowest BCUT2D eigenvalue weighted by Gasteiger charge is -2.31. The molecule has 1 aliphatic heterocycles. The van der Waals surface area contributed by atoms with Crippen LogP contribution in [-0.2, 0) is 27.3 Å². The Balaban J connectivity index is 1.78. The third-order valence-electron chi connectivity index (χ3n) is 5.07. The minimum atomic E-state index is -0.362. The maximum Gasteiger partial charge on any atom is 0.365 e. The highest BCUT2D eigenvalue weighted by molar-refractivity contribution is 5.93. The summed E-state index contributed by atoms with van der Waals surface area (Å²) in [7, 11) is 1.40. The number of rotatable bonds is 4. The van der Waals surface area contributed by atoms with Crippen LogP contribution in [-0.4, -0.2) is 31.6 Å². The largest absolute Gasteiger partial charge is 0.465 e. The number of hydrogen-bond donors (Lipinski definition) is 2. The SMILES string of the molecule is COC(=O)[C@H]1Cc2ccccc2C[NH+]1CC(=O)Nc1c(C)cccc1C. The van der Waals surface area contributed by atoms with Crippen molar-refractivity contribution >= 4 is 17.6 Å². The van der Waals surface area contributed by atoms with Crippen molar-refractivity contribution in [2.45, 2.75) is 32.9 Å². The second-order valence-electron chi connectivity index (χ2n) is 6.88. The third kappa shape index (κ3) is 3.78. The molecule has 2 aromatic carbocycles. The highest BCUT2D eigenvalue weighted by atomic mass is 16.5. The van der Waals surface area contributed by atoms with Crippen LogP contribution in [0.3, 0.4) is 0 Å². The van der Waals surface area contributed by atoms with E-state index in [4.69, 9.17) is 4.74 Å². The molecule has 5 nitrogen and oxygen atoms in total. The second-order valence-corrected chi connectivity index (χ2v) is 6.88. The van der Waals surface area contributed by atoms with Crippen molar-refractivity contribution in [2.75, 3.05) is 19.0 Å². The number of ether oxygens (including phenoxy) is 1. The van der Waals surface area contributed by atoms with Gasteiger partial charge >= 0.3 is 5.97 Å². The Labute approximate surface area is 154 Å². The van der Waals surface area contributed by atoms with E-state index in [2.05, 4.69) is 11.4 Å². The van der Waals surface area contributed by atoms with E-state index in [-0.39, 0.29) is 24.5 Å². The van der Waals surface area contributed by atoms with Crippen LogP contribution < -0.4 is 10.2 Å². The molecule has 2 N–H and O–H groups in total. The van der Waals surface area contributed by atoms with E-state index in [0.717, 1.165) is 27.3 Å². The monoisotopic (exact) mass is 353 g/mol. The molecule has 26 heavy (non-hydrogen) atoms. The fourth-order valence-electron chi connectivity index (χ4n) is 3.64. The number of para-hydroxylation sites is 1. The van der Waals surface area contributed by atoms with Gasteiger partial charge in [-0.3, -0.25) is 4.79 Å². The van der Waals surface area contributed by atoms with Gasteiger partial charge in [0.2, 0.25) is 0 Å². The van der Waals surface area contributed by atoms with Crippen molar-refractivity contribution in [1.82, 2.24) is 0 Å². The molecule has 2 atom stereocenters. The number of nitrogens with one attached hydrogen (secondary N) is 2. The normalized spacial score (nSPS) is 18.7. The highest BCUT2D eigenvalue weighted by Gasteiger charge is 2.37. The van der Waals surface area contributed by atoms with Crippen molar-refractivity contribution in [1.29, 1.82) is 0 Å². The maximum atomic E-state index is 12.7. The van der Waals surface area contributed by atoms with E-state index in [1.807, 2.05) is 50.2 Å². The first kappa shape index (κ1) is 18.1. The van der Waals surface area contributed by atoms with Crippen molar-refractivity contribution in [3.05, 3.63) is 64.7 Å². The van der Waals surface area contributed by atoms with Gasteiger partial charge in [-0.25, -0.2) is 4.79 Å². The summed E-state index contributed by atoms with van der Waals surface area (Å²) < 4.78 is 4.98. The number of carbonyl (C=O) groups is 2. The molecule has 1 amide bonds. The Kier molecular flexibility index (Phi) is 5.38. The minimum Gasteiger partial charge on any atom is -0.465 e. The Morgan fingerprint density at radius 1 is 1.08 bits per heavy atom. The number of methoxy groups -OCH3 is 1. The number of anilines is 1. The van der Waals surface area contributed by atoms with Crippen LogP contribution in [0.1, 0.15) is 22.3 Å². The molecule has 136 valence electrons. The van der Waals surface area contributed by atoms with E-state index in [1.54, 1.807) is 0 Å². The quantitative estimate of drug-likeness (QED) is 0.818. The van der Waals surface area contributed by atoms with Crippen LogP contribution in [0.4, 0.5) is 5.69 Å². The molecule has 0 saturated carbocycles. The van der Waals surface area contributed by atoms with Crippen LogP contribution >= 0.6 is 0 Å². The number of benzene rings is 2. The molecule has 1 heterocycles. The predicted molar refractivity (Wildman–Crippen MR) is 100 cm³/mol. The van der Waals surface area contributed by atoms with Crippen molar-refractivity contribution in [3.8, 4) is 0 Å². The minimum absolute atomic E-state index is 0.0920. The van der Waals surface area contributed by atoms with Gasteiger partial charge in [-0.2, -0.15) is 0 Å². The zero-order valence-corrected chi connectivity index (χ0v) is 15.5. The van der Waals surface area contributed by atoms with Crippen molar-refractivity contribution < 1.29 is 19.2 Å². The Morgan fingerprint density at radius 3 is 2.38 bits per heavy atom. The number of hydrogen-bond acceptors (Lipinski definition) is 3. The standard InChI is InChI=1S/C21H24N2O3/c1-14-7-6-8-15(2)20(14)22-19(24)13-23-12-17-10-5-4-9-16(17)11-18(23)21(25)26-3/h4-10,18H,11-13H2,1-3H3,(H,22,24)/p+1/t18-/m1/s1. The van der Waals surface area contributed by atoms with Crippen molar-refractivity contribution in [2.24, 2.45) is 0 Å². The lowest BCUT2D eigenvalue weighted by molar-refractivity contribution is -0.924. The molecule has 0 spiro atoms. The smallest absolute Gasteiger partial charge is 0.365 e.